The molecule has 0 saturated carbocycles. The molecule has 1 N–H and O–H groups in total. The van der Waals surface area contributed by atoms with Gasteiger partial charge in [-0.05, 0) is 35.7 Å². The van der Waals surface area contributed by atoms with Gasteiger partial charge >= 0.3 is 0 Å². The molecule has 1 amide bonds. The molecular formula is C22H23N3O2. The van der Waals surface area contributed by atoms with Crippen LogP contribution in [0.3, 0.4) is 0 Å². The minimum atomic E-state index is -0.132. The Kier molecular flexibility index (Phi) is 4.44. The Hall–Kier alpha value is -3.08. The van der Waals surface area contributed by atoms with E-state index in [0.29, 0.717) is 18.2 Å². The molecule has 4 rings (SSSR count). The number of H-pyrrole nitrogens is 1. The number of nitrogens with one attached hydrogen (secondary N) is 1. The number of amides is 1. The molecule has 0 radical (unpaired) electrons. The molecule has 2 aromatic carbocycles. The molecule has 5 nitrogen and oxygen atoms in total. The van der Waals surface area contributed by atoms with E-state index in [1.54, 1.807) is 7.11 Å². The smallest absolute Gasteiger partial charge is 0.273 e. The number of aromatic nitrogens is 2. The summed E-state index contributed by atoms with van der Waals surface area (Å²) in [7, 11) is 1.65. The Labute approximate surface area is 159 Å². The van der Waals surface area contributed by atoms with Gasteiger partial charge in [0, 0.05) is 17.7 Å². The highest BCUT2D eigenvalue weighted by Gasteiger charge is 2.42. The third kappa shape index (κ3) is 2.99. The zero-order valence-electron chi connectivity index (χ0n) is 15.8. The Morgan fingerprint density at radius 1 is 1.11 bits per heavy atom. The van der Waals surface area contributed by atoms with Crippen molar-refractivity contribution >= 4 is 5.91 Å². The Balaban J connectivity index is 1.85. The first-order chi connectivity index (χ1) is 13.1. The van der Waals surface area contributed by atoms with E-state index in [2.05, 4.69) is 36.2 Å². The molecule has 2 heterocycles. The van der Waals surface area contributed by atoms with Crippen LogP contribution < -0.4 is 4.74 Å². The Bertz CT molecular complexity index is 945. The summed E-state index contributed by atoms with van der Waals surface area (Å²) in [5.41, 5.74) is 4.43. The average molecular weight is 361 g/mol. The lowest BCUT2D eigenvalue weighted by atomic mass is 9.96. The number of ether oxygens (including phenoxy) is 1. The van der Waals surface area contributed by atoms with Crippen LogP contribution in [0.4, 0.5) is 0 Å². The lowest BCUT2D eigenvalue weighted by molar-refractivity contribution is 0.0722. The summed E-state index contributed by atoms with van der Waals surface area (Å²) in [6, 6.07) is 17.8. The fourth-order valence-electron chi connectivity index (χ4n) is 3.73. The van der Waals surface area contributed by atoms with E-state index in [0.717, 1.165) is 28.1 Å². The van der Waals surface area contributed by atoms with Gasteiger partial charge in [0.05, 0.1) is 18.8 Å². The first-order valence-electron chi connectivity index (χ1n) is 9.18. The lowest BCUT2D eigenvalue weighted by Crippen LogP contribution is -2.32. The molecule has 5 heteroatoms. The lowest BCUT2D eigenvalue weighted by Gasteiger charge is -2.28. The Morgan fingerprint density at radius 2 is 1.81 bits per heavy atom. The normalized spacial score (nSPS) is 16.1. The van der Waals surface area contributed by atoms with E-state index in [-0.39, 0.29) is 11.9 Å². The van der Waals surface area contributed by atoms with Crippen molar-refractivity contribution in [1.29, 1.82) is 0 Å². The monoisotopic (exact) mass is 361 g/mol. The molecule has 0 fully saturated rings. The van der Waals surface area contributed by atoms with Crippen molar-refractivity contribution in [2.45, 2.75) is 19.9 Å². The second-order valence-corrected chi connectivity index (χ2v) is 7.25. The van der Waals surface area contributed by atoms with Crippen molar-refractivity contribution in [3.8, 4) is 17.0 Å². The van der Waals surface area contributed by atoms with Gasteiger partial charge in [0.15, 0.2) is 0 Å². The van der Waals surface area contributed by atoms with Crippen LogP contribution in [-0.4, -0.2) is 34.7 Å². The zero-order chi connectivity index (χ0) is 19.0. The quantitative estimate of drug-likeness (QED) is 0.738. The number of fused-ring (bicyclic) bond motifs is 1. The number of carbonyl (C=O) groups is 1. The molecule has 1 aliphatic heterocycles. The van der Waals surface area contributed by atoms with Gasteiger partial charge in [-0.3, -0.25) is 9.89 Å². The second-order valence-electron chi connectivity index (χ2n) is 7.25. The maximum Gasteiger partial charge on any atom is 0.273 e. The number of hydrogen-bond acceptors (Lipinski definition) is 3. The third-order valence-electron chi connectivity index (χ3n) is 4.90. The van der Waals surface area contributed by atoms with Gasteiger partial charge < -0.3 is 9.64 Å². The molecule has 0 aliphatic carbocycles. The highest BCUT2D eigenvalue weighted by atomic mass is 16.5. The average Bonchev–Trinajstić information content (AvgIpc) is 3.22. The van der Waals surface area contributed by atoms with Crippen molar-refractivity contribution in [3.05, 3.63) is 71.4 Å². The summed E-state index contributed by atoms with van der Waals surface area (Å²) in [6.45, 7) is 4.96. The minimum absolute atomic E-state index is 0.0137. The number of hydrogen-bond donors (Lipinski definition) is 1. The highest BCUT2D eigenvalue weighted by molar-refractivity contribution is 6.00. The molecule has 27 heavy (non-hydrogen) atoms. The van der Waals surface area contributed by atoms with Crippen LogP contribution in [0.2, 0.25) is 0 Å². The molecular weight excluding hydrogens is 338 g/mol. The number of nitrogens with zero attached hydrogens (tertiary/aromatic N) is 2. The van der Waals surface area contributed by atoms with Gasteiger partial charge in [0.25, 0.3) is 5.91 Å². The maximum atomic E-state index is 13.1. The Morgan fingerprint density at radius 3 is 2.44 bits per heavy atom. The van der Waals surface area contributed by atoms with Gasteiger partial charge in [0.1, 0.15) is 11.4 Å². The van der Waals surface area contributed by atoms with E-state index in [1.807, 2.05) is 47.4 Å². The zero-order valence-corrected chi connectivity index (χ0v) is 15.8. The molecule has 1 atom stereocenters. The number of benzene rings is 2. The van der Waals surface area contributed by atoms with Crippen LogP contribution in [0.15, 0.2) is 54.6 Å². The summed E-state index contributed by atoms with van der Waals surface area (Å²) < 4.78 is 5.26. The molecule has 0 saturated heterocycles. The molecule has 0 bridgehead atoms. The molecule has 138 valence electrons. The predicted octanol–water partition coefficient (Wildman–Crippen LogP) is 4.29. The first kappa shape index (κ1) is 17.3. The van der Waals surface area contributed by atoms with Gasteiger partial charge in [-0.25, -0.2) is 0 Å². The van der Waals surface area contributed by atoms with Crippen molar-refractivity contribution in [2.75, 3.05) is 13.7 Å². The number of carbonyl (C=O) groups excluding carboxylic acids is 1. The number of rotatable bonds is 5. The van der Waals surface area contributed by atoms with Gasteiger partial charge in [-0.15, -0.1) is 0 Å². The standard InChI is InChI=1S/C22H23N3O2/c1-14(2)13-25-21(16-7-5-4-6-8-16)18-19(23-24-20(18)22(25)26)15-9-11-17(27-3)12-10-15/h4-12,14,21H,13H2,1-3H3,(H,23,24)/t21-/m1/s1. The largest absolute Gasteiger partial charge is 0.497 e. The fraction of sp³-hybridized carbons (Fsp3) is 0.273. The van der Waals surface area contributed by atoms with E-state index >= 15 is 0 Å². The molecule has 1 aliphatic rings. The summed E-state index contributed by atoms with van der Waals surface area (Å²) in [6.07, 6.45) is 0. The summed E-state index contributed by atoms with van der Waals surface area (Å²) in [5, 5.41) is 7.48. The summed E-state index contributed by atoms with van der Waals surface area (Å²) in [4.78, 5) is 15.0. The highest BCUT2D eigenvalue weighted by Crippen LogP contribution is 2.43. The van der Waals surface area contributed by atoms with Crippen molar-refractivity contribution < 1.29 is 9.53 Å². The van der Waals surface area contributed by atoms with Crippen LogP contribution in [0.5, 0.6) is 5.75 Å². The first-order valence-corrected chi connectivity index (χ1v) is 9.18. The van der Waals surface area contributed by atoms with Gasteiger partial charge in [-0.1, -0.05) is 44.2 Å². The fourth-order valence-corrected chi connectivity index (χ4v) is 3.73. The maximum absolute atomic E-state index is 13.1. The van der Waals surface area contributed by atoms with Crippen LogP contribution in [-0.2, 0) is 0 Å². The molecule has 3 aromatic rings. The topological polar surface area (TPSA) is 58.2 Å². The molecule has 0 spiro atoms. The van der Waals surface area contributed by atoms with Crippen molar-refractivity contribution in [3.63, 3.8) is 0 Å². The third-order valence-corrected chi connectivity index (χ3v) is 4.90. The predicted molar refractivity (Wildman–Crippen MR) is 105 cm³/mol. The summed E-state index contributed by atoms with van der Waals surface area (Å²) in [5.74, 6) is 1.18. The number of aromatic amines is 1. The van der Waals surface area contributed by atoms with E-state index in [4.69, 9.17) is 4.74 Å². The van der Waals surface area contributed by atoms with E-state index in [9.17, 15) is 4.79 Å². The SMILES string of the molecule is COc1ccc(-c2n[nH]c3c2[C@@H](c2ccccc2)N(CC(C)C)C3=O)cc1. The number of methoxy groups -OCH3 is 1. The molecule has 0 unspecified atom stereocenters. The van der Waals surface area contributed by atoms with Crippen molar-refractivity contribution in [2.24, 2.45) is 5.92 Å². The van der Waals surface area contributed by atoms with E-state index < -0.39 is 0 Å². The molecule has 1 aromatic heterocycles. The van der Waals surface area contributed by atoms with Crippen LogP contribution in [0.25, 0.3) is 11.3 Å². The van der Waals surface area contributed by atoms with Crippen LogP contribution >= 0.6 is 0 Å². The van der Waals surface area contributed by atoms with Crippen LogP contribution in [0.1, 0.15) is 41.5 Å². The van der Waals surface area contributed by atoms with Crippen molar-refractivity contribution in [1.82, 2.24) is 15.1 Å². The second kappa shape index (κ2) is 6.91. The minimum Gasteiger partial charge on any atom is -0.497 e. The summed E-state index contributed by atoms with van der Waals surface area (Å²) >= 11 is 0. The van der Waals surface area contributed by atoms with Gasteiger partial charge in [0.2, 0.25) is 0 Å². The van der Waals surface area contributed by atoms with Gasteiger partial charge in [-0.2, -0.15) is 5.10 Å². The van der Waals surface area contributed by atoms with E-state index in [1.165, 1.54) is 0 Å². The van der Waals surface area contributed by atoms with Crippen LogP contribution in [0, 0.1) is 5.92 Å².